The summed E-state index contributed by atoms with van der Waals surface area (Å²) in [6, 6.07) is 12.4. The van der Waals surface area contributed by atoms with Crippen LogP contribution in [-0.2, 0) is 13.6 Å². The van der Waals surface area contributed by atoms with Crippen molar-refractivity contribution in [3.05, 3.63) is 59.7 Å². The molecule has 2 aromatic carbocycles. The maximum Gasteiger partial charge on any atom is 0.357 e. The van der Waals surface area contributed by atoms with Gasteiger partial charge in [0.15, 0.2) is 5.78 Å². The van der Waals surface area contributed by atoms with E-state index >= 15 is 0 Å². The van der Waals surface area contributed by atoms with E-state index in [9.17, 15) is 19.6 Å². The first-order chi connectivity index (χ1) is 14.4. The van der Waals surface area contributed by atoms with Gasteiger partial charge in [0.25, 0.3) is 0 Å². The molecule has 8 heteroatoms. The first kappa shape index (κ1) is 23.9. The van der Waals surface area contributed by atoms with Crippen molar-refractivity contribution < 1.29 is 28.6 Å². The van der Waals surface area contributed by atoms with E-state index in [0.717, 1.165) is 25.7 Å². The molecular formula is C22H29NO6P-. The van der Waals surface area contributed by atoms with Crippen LogP contribution in [0.5, 0.6) is 5.75 Å². The van der Waals surface area contributed by atoms with Gasteiger partial charge in [-0.05, 0) is 36.6 Å². The van der Waals surface area contributed by atoms with Crippen LogP contribution in [0.1, 0.15) is 61.2 Å². The molecule has 0 saturated carbocycles. The van der Waals surface area contributed by atoms with Gasteiger partial charge in [0.1, 0.15) is 5.75 Å². The Morgan fingerprint density at radius 3 is 2.10 bits per heavy atom. The van der Waals surface area contributed by atoms with Gasteiger partial charge in [0.2, 0.25) is 0 Å². The largest absolute Gasteiger partial charge is 0.545 e. The summed E-state index contributed by atoms with van der Waals surface area (Å²) < 4.78 is 25.4. The van der Waals surface area contributed by atoms with Gasteiger partial charge >= 0.3 is 7.60 Å². The Bertz CT molecular complexity index is 841. The molecule has 0 aromatic heterocycles. The molecule has 1 atom stereocenters. The van der Waals surface area contributed by atoms with Gasteiger partial charge in [-0.15, -0.1) is 0 Å². The van der Waals surface area contributed by atoms with E-state index in [1.54, 1.807) is 30.3 Å². The summed E-state index contributed by atoms with van der Waals surface area (Å²) in [6.45, 7) is 4.53. The zero-order valence-electron chi connectivity index (χ0n) is 17.4. The fraction of sp³-hybridized carbons (Fsp3) is 0.409. The third kappa shape index (κ3) is 6.59. The highest BCUT2D eigenvalue weighted by Crippen LogP contribution is 2.62. The highest BCUT2D eigenvalue weighted by molar-refractivity contribution is 7.54. The second-order valence-corrected chi connectivity index (χ2v) is 9.00. The number of hydrogen-bond donors (Lipinski definition) is 2. The fourth-order valence-electron chi connectivity index (χ4n) is 2.76. The van der Waals surface area contributed by atoms with E-state index in [4.69, 9.17) is 9.05 Å². The minimum absolute atomic E-state index is 0.0289. The Balaban J connectivity index is 2.41. The number of carbonyl (C=O) groups excluding carboxylic acids is 1. The van der Waals surface area contributed by atoms with Gasteiger partial charge in [-0.25, -0.2) is 0 Å². The van der Waals surface area contributed by atoms with E-state index in [2.05, 4.69) is 5.32 Å². The first-order valence-corrected chi connectivity index (χ1v) is 11.8. The molecule has 0 aliphatic heterocycles. The number of aromatic carboxylic acids is 1. The normalized spacial score (nSPS) is 12.5. The molecule has 0 bridgehead atoms. The highest BCUT2D eigenvalue weighted by Gasteiger charge is 2.39. The number of rotatable bonds is 13. The highest BCUT2D eigenvalue weighted by atomic mass is 31.2. The summed E-state index contributed by atoms with van der Waals surface area (Å²) in [5.41, 5.74) is 0.908. The molecular weight excluding hydrogens is 405 g/mol. The number of benzene rings is 2. The number of anilines is 1. The summed E-state index contributed by atoms with van der Waals surface area (Å²) in [5, 5.41) is 24.5. The number of para-hydroxylation sites is 1. The lowest BCUT2D eigenvalue weighted by molar-refractivity contribution is -0.255. The molecule has 2 N–H and O–H groups in total. The number of carboxylic acids is 1. The van der Waals surface area contributed by atoms with Gasteiger partial charge < -0.3 is 29.4 Å². The number of nitrogens with one attached hydrogen (secondary N) is 1. The van der Waals surface area contributed by atoms with Crippen molar-refractivity contribution in [2.75, 3.05) is 18.5 Å². The maximum absolute atomic E-state index is 13.9. The van der Waals surface area contributed by atoms with Crippen molar-refractivity contribution >= 4 is 19.3 Å². The number of unbranched alkanes of at least 4 members (excludes halogenated alkanes) is 2. The molecule has 0 fully saturated rings. The minimum Gasteiger partial charge on any atom is -0.545 e. The molecule has 7 nitrogen and oxygen atoms in total. The quantitative estimate of drug-likeness (QED) is 0.348. The molecule has 2 aromatic rings. The molecule has 0 unspecified atom stereocenters. The summed E-state index contributed by atoms with van der Waals surface area (Å²) in [4.78, 5) is 11.0. The van der Waals surface area contributed by atoms with Crippen LogP contribution in [0.4, 0.5) is 5.69 Å². The summed E-state index contributed by atoms with van der Waals surface area (Å²) in [7, 11) is -3.73. The van der Waals surface area contributed by atoms with E-state index in [1.807, 2.05) is 13.8 Å². The lowest BCUT2D eigenvalue weighted by atomic mass is 10.1. The SMILES string of the molecule is CCCCOP(=O)(OCCCC)[C@@H](Nc1ccc(C(=O)[O-])cc1)c1ccccc1O. The molecule has 164 valence electrons. The second-order valence-electron chi connectivity index (χ2n) is 6.88. The van der Waals surface area contributed by atoms with Crippen LogP contribution >= 0.6 is 7.60 Å². The monoisotopic (exact) mass is 434 g/mol. The molecule has 0 heterocycles. The average Bonchev–Trinajstić information content (AvgIpc) is 2.73. The van der Waals surface area contributed by atoms with Gasteiger partial charge in [-0.1, -0.05) is 57.0 Å². The van der Waals surface area contributed by atoms with Crippen molar-refractivity contribution in [2.24, 2.45) is 0 Å². The topological polar surface area (TPSA) is 108 Å². The lowest BCUT2D eigenvalue weighted by Crippen LogP contribution is -2.22. The van der Waals surface area contributed by atoms with E-state index in [1.165, 1.54) is 18.2 Å². The van der Waals surface area contributed by atoms with Gasteiger partial charge in [0.05, 0.1) is 19.2 Å². The van der Waals surface area contributed by atoms with Crippen molar-refractivity contribution in [1.82, 2.24) is 0 Å². The van der Waals surface area contributed by atoms with Crippen molar-refractivity contribution in [3.63, 3.8) is 0 Å². The van der Waals surface area contributed by atoms with E-state index in [-0.39, 0.29) is 24.5 Å². The first-order valence-electron chi connectivity index (χ1n) is 10.2. The molecule has 30 heavy (non-hydrogen) atoms. The molecule has 0 radical (unpaired) electrons. The number of hydrogen-bond acceptors (Lipinski definition) is 7. The third-order valence-electron chi connectivity index (χ3n) is 4.51. The Hall–Kier alpha value is -2.34. The number of carboxylic acid groups (broad SMARTS) is 1. The molecule has 0 amide bonds. The number of phenolic OH excluding ortho intramolecular Hbond substituents is 1. The Kier molecular flexibility index (Phi) is 9.37. The van der Waals surface area contributed by atoms with Crippen molar-refractivity contribution in [2.45, 2.75) is 45.3 Å². The predicted molar refractivity (Wildman–Crippen MR) is 115 cm³/mol. The second kappa shape index (κ2) is 11.7. The fourth-order valence-corrected chi connectivity index (χ4v) is 4.77. The van der Waals surface area contributed by atoms with Crippen molar-refractivity contribution in [1.29, 1.82) is 0 Å². The zero-order chi connectivity index (χ0) is 22.0. The number of aromatic hydroxyl groups is 1. The lowest BCUT2D eigenvalue weighted by Gasteiger charge is -2.29. The Labute approximate surface area is 177 Å². The average molecular weight is 434 g/mol. The van der Waals surface area contributed by atoms with Gasteiger partial charge in [-0.3, -0.25) is 4.57 Å². The number of carbonyl (C=O) groups is 1. The summed E-state index contributed by atoms with van der Waals surface area (Å²) >= 11 is 0. The van der Waals surface area contributed by atoms with Crippen LogP contribution in [0.2, 0.25) is 0 Å². The summed E-state index contributed by atoms with van der Waals surface area (Å²) in [6.07, 6.45) is 3.17. The van der Waals surface area contributed by atoms with Crippen LogP contribution in [0.3, 0.4) is 0 Å². The van der Waals surface area contributed by atoms with Crippen LogP contribution in [0, 0.1) is 0 Å². The van der Waals surface area contributed by atoms with Gasteiger partial charge in [0, 0.05) is 11.3 Å². The van der Waals surface area contributed by atoms with Crippen LogP contribution < -0.4 is 10.4 Å². The predicted octanol–water partition coefficient (Wildman–Crippen LogP) is 4.69. The van der Waals surface area contributed by atoms with E-state index < -0.39 is 19.3 Å². The van der Waals surface area contributed by atoms with Crippen LogP contribution in [0.15, 0.2) is 48.5 Å². The maximum atomic E-state index is 13.9. The molecule has 0 aliphatic rings. The van der Waals surface area contributed by atoms with Crippen molar-refractivity contribution in [3.8, 4) is 5.75 Å². The van der Waals surface area contributed by atoms with Crippen LogP contribution in [-0.4, -0.2) is 24.3 Å². The standard InChI is InChI=1S/C22H30NO6P/c1-3-5-15-28-30(27,29-16-6-4-2)21(19-9-7-8-10-20(19)24)23-18-13-11-17(12-14-18)22(25)26/h7-14,21,23-24H,3-6,15-16H2,1-2H3,(H,25,26)/p-1/t21-/m1/s1. The van der Waals surface area contributed by atoms with Gasteiger partial charge in [-0.2, -0.15) is 0 Å². The van der Waals surface area contributed by atoms with Crippen LogP contribution in [0.25, 0.3) is 0 Å². The Morgan fingerprint density at radius 1 is 1.03 bits per heavy atom. The molecule has 0 saturated heterocycles. The zero-order valence-corrected chi connectivity index (χ0v) is 18.3. The third-order valence-corrected chi connectivity index (χ3v) is 6.63. The number of phenols is 1. The molecule has 0 aliphatic carbocycles. The molecule has 2 rings (SSSR count). The summed E-state index contributed by atoms with van der Waals surface area (Å²) in [5.74, 6) is -2.30. The van der Waals surface area contributed by atoms with E-state index in [0.29, 0.717) is 11.3 Å². The smallest absolute Gasteiger partial charge is 0.357 e. The Morgan fingerprint density at radius 2 is 1.60 bits per heavy atom. The minimum atomic E-state index is -3.73. The molecule has 0 spiro atoms.